The van der Waals surface area contributed by atoms with Crippen LogP contribution in [0.3, 0.4) is 0 Å². The standard InChI is InChI=1S/C11H20ClN5/c1-5-6-7-8(2)13-10-14-9(12)15-11(16-10)17(3)4/h8H,5-7H2,1-4H3,(H,13,14,15,16). The summed E-state index contributed by atoms with van der Waals surface area (Å²) in [5.74, 6) is 1.10. The molecule has 0 saturated heterocycles. The Morgan fingerprint density at radius 3 is 2.59 bits per heavy atom. The van der Waals surface area contributed by atoms with Crippen LogP contribution >= 0.6 is 11.6 Å². The van der Waals surface area contributed by atoms with Crippen LogP contribution in [0.25, 0.3) is 0 Å². The summed E-state index contributed by atoms with van der Waals surface area (Å²) < 4.78 is 0. The lowest BCUT2D eigenvalue weighted by Crippen LogP contribution is -2.19. The lowest BCUT2D eigenvalue weighted by molar-refractivity contribution is 0.640. The lowest BCUT2D eigenvalue weighted by atomic mass is 10.1. The van der Waals surface area contributed by atoms with Crippen molar-refractivity contribution in [2.24, 2.45) is 0 Å². The summed E-state index contributed by atoms with van der Waals surface area (Å²) in [5.41, 5.74) is 0. The predicted octanol–water partition coefficient (Wildman–Crippen LogP) is 2.58. The molecule has 0 spiro atoms. The molecule has 0 radical (unpaired) electrons. The van der Waals surface area contributed by atoms with Crippen molar-refractivity contribution in [1.82, 2.24) is 15.0 Å². The second kappa shape index (κ2) is 6.59. The minimum atomic E-state index is 0.217. The molecular formula is C11H20ClN5. The van der Waals surface area contributed by atoms with Gasteiger partial charge in [-0.15, -0.1) is 0 Å². The van der Waals surface area contributed by atoms with Gasteiger partial charge in [0.05, 0.1) is 0 Å². The van der Waals surface area contributed by atoms with E-state index >= 15 is 0 Å². The van der Waals surface area contributed by atoms with E-state index in [4.69, 9.17) is 11.6 Å². The van der Waals surface area contributed by atoms with E-state index in [0.717, 1.165) is 6.42 Å². The van der Waals surface area contributed by atoms with E-state index in [1.807, 2.05) is 14.1 Å². The van der Waals surface area contributed by atoms with Gasteiger partial charge in [-0.25, -0.2) is 0 Å². The van der Waals surface area contributed by atoms with Crippen LogP contribution in [0.2, 0.25) is 5.28 Å². The van der Waals surface area contributed by atoms with Crippen LogP contribution in [0.4, 0.5) is 11.9 Å². The van der Waals surface area contributed by atoms with Crippen LogP contribution in [0, 0.1) is 0 Å². The molecule has 0 aromatic carbocycles. The molecule has 17 heavy (non-hydrogen) atoms. The molecule has 96 valence electrons. The Hall–Kier alpha value is -1.10. The molecule has 0 saturated carbocycles. The molecule has 6 heteroatoms. The van der Waals surface area contributed by atoms with E-state index in [9.17, 15) is 0 Å². The van der Waals surface area contributed by atoms with Crippen LogP contribution in [0.1, 0.15) is 33.1 Å². The first-order chi connectivity index (χ1) is 8.02. The third-order valence-electron chi connectivity index (χ3n) is 2.36. The molecule has 1 atom stereocenters. The molecule has 0 fully saturated rings. The fourth-order valence-electron chi connectivity index (χ4n) is 1.41. The predicted molar refractivity (Wildman–Crippen MR) is 71.8 cm³/mol. The number of nitrogens with one attached hydrogen (secondary N) is 1. The zero-order valence-corrected chi connectivity index (χ0v) is 11.6. The first-order valence-electron chi connectivity index (χ1n) is 5.88. The summed E-state index contributed by atoms with van der Waals surface area (Å²) in [5, 5.41) is 3.46. The maximum absolute atomic E-state index is 5.85. The molecule has 0 bridgehead atoms. The van der Waals surface area contributed by atoms with E-state index in [1.165, 1.54) is 12.8 Å². The van der Waals surface area contributed by atoms with Crippen LogP contribution < -0.4 is 10.2 Å². The van der Waals surface area contributed by atoms with Gasteiger partial charge in [-0.05, 0) is 24.9 Å². The first-order valence-corrected chi connectivity index (χ1v) is 6.26. The number of halogens is 1. The third-order valence-corrected chi connectivity index (χ3v) is 2.53. The summed E-state index contributed by atoms with van der Waals surface area (Å²) >= 11 is 5.85. The smallest absolute Gasteiger partial charge is 0.230 e. The number of hydrogen-bond acceptors (Lipinski definition) is 5. The summed E-state index contributed by atoms with van der Waals surface area (Å²) in [4.78, 5) is 14.2. The second-order valence-electron chi connectivity index (χ2n) is 4.31. The molecule has 0 aliphatic heterocycles. The number of rotatable bonds is 6. The normalized spacial score (nSPS) is 12.3. The minimum absolute atomic E-state index is 0.217. The molecular weight excluding hydrogens is 238 g/mol. The Kier molecular flexibility index (Phi) is 5.41. The van der Waals surface area contributed by atoms with Crippen molar-refractivity contribution in [3.8, 4) is 0 Å². The highest BCUT2D eigenvalue weighted by molar-refractivity contribution is 6.28. The van der Waals surface area contributed by atoms with Crippen LogP contribution in [0.5, 0.6) is 0 Å². The Morgan fingerprint density at radius 1 is 1.29 bits per heavy atom. The first kappa shape index (κ1) is 14.0. The maximum atomic E-state index is 5.85. The molecule has 5 nitrogen and oxygen atoms in total. The van der Waals surface area contributed by atoms with Gasteiger partial charge in [0.25, 0.3) is 0 Å². The van der Waals surface area contributed by atoms with Gasteiger partial charge < -0.3 is 10.2 Å². The average Bonchev–Trinajstić information content (AvgIpc) is 2.25. The topological polar surface area (TPSA) is 53.9 Å². The maximum Gasteiger partial charge on any atom is 0.230 e. The Labute approximate surface area is 108 Å². The SMILES string of the molecule is CCCCC(C)Nc1nc(Cl)nc(N(C)C)n1. The van der Waals surface area contributed by atoms with Gasteiger partial charge in [0.2, 0.25) is 17.2 Å². The third kappa shape index (κ3) is 4.73. The number of unbranched alkanes of at least 4 members (excludes halogenated alkanes) is 1. The minimum Gasteiger partial charge on any atom is -0.352 e. The summed E-state index contributed by atoms with van der Waals surface area (Å²) in [7, 11) is 3.74. The molecule has 0 amide bonds. The van der Waals surface area contributed by atoms with Crippen LogP contribution in [-0.4, -0.2) is 35.1 Å². The van der Waals surface area contributed by atoms with Crippen molar-refractivity contribution < 1.29 is 0 Å². The molecule has 1 unspecified atom stereocenters. The number of anilines is 2. The number of aromatic nitrogens is 3. The van der Waals surface area contributed by atoms with Gasteiger partial charge >= 0.3 is 0 Å². The lowest BCUT2D eigenvalue weighted by Gasteiger charge is -2.15. The number of nitrogens with zero attached hydrogens (tertiary/aromatic N) is 4. The number of hydrogen-bond donors (Lipinski definition) is 1. The van der Waals surface area contributed by atoms with Crippen molar-refractivity contribution in [1.29, 1.82) is 0 Å². The van der Waals surface area contributed by atoms with Gasteiger partial charge in [-0.3, -0.25) is 0 Å². The molecule has 1 aromatic rings. The molecule has 0 aliphatic carbocycles. The van der Waals surface area contributed by atoms with Crippen molar-refractivity contribution in [2.45, 2.75) is 39.2 Å². The second-order valence-corrected chi connectivity index (χ2v) is 4.65. The van der Waals surface area contributed by atoms with Gasteiger partial charge in [0.1, 0.15) is 0 Å². The fourth-order valence-corrected chi connectivity index (χ4v) is 1.56. The van der Waals surface area contributed by atoms with Crippen molar-refractivity contribution in [2.75, 3.05) is 24.3 Å². The zero-order chi connectivity index (χ0) is 12.8. The highest BCUT2D eigenvalue weighted by Gasteiger charge is 2.08. The van der Waals surface area contributed by atoms with Crippen LogP contribution in [-0.2, 0) is 0 Å². The average molecular weight is 258 g/mol. The molecule has 1 aromatic heterocycles. The van der Waals surface area contributed by atoms with Crippen LogP contribution in [0.15, 0.2) is 0 Å². The van der Waals surface area contributed by atoms with E-state index in [0.29, 0.717) is 17.9 Å². The Morgan fingerprint density at radius 2 is 2.00 bits per heavy atom. The Bertz CT molecular complexity index is 356. The zero-order valence-electron chi connectivity index (χ0n) is 10.9. The van der Waals surface area contributed by atoms with Crippen molar-refractivity contribution >= 4 is 23.5 Å². The van der Waals surface area contributed by atoms with Gasteiger partial charge in [-0.2, -0.15) is 15.0 Å². The van der Waals surface area contributed by atoms with E-state index in [-0.39, 0.29) is 5.28 Å². The van der Waals surface area contributed by atoms with E-state index in [2.05, 4.69) is 34.1 Å². The van der Waals surface area contributed by atoms with Gasteiger partial charge in [-0.1, -0.05) is 19.8 Å². The van der Waals surface area contributed by atoms with Crippen molar-refractivity contribution in [3.63, 3.8) is 0 Å². The summed E-state index contributed by atoms with van der Waals surface area (Å²) in [6.45, 7) is 4.29. The quantitative estimate of drug-likeness (QED) is 0.849. The monoisotopic (exact) mass is 257 g/mol. The van der Waals surface area contributed by atoms with E-state index in [1.54, 1.807) is 4.90 Å². The highest BCUT2D eigenvalue weighted by atomic mass is 35.5. The molecule has 1 rings (SSSR count). The van der Waals surface area contributed by atoms with Gasteiger partial charge in [0.15, 0.2) is 0 Å². The van der Waals surface area contributed by atoms with Gasteiger partial charge in [0, 0.05) is 20.1 Å². The van der Waals surface area contributed by atoms with Crippen molar-refractivity contribution in [3.05, 3.63) is 5.28 Å². The highest BCUT2D eigenvalue weighted by Crippen LogP contribution is 2.13. The molecule has 1 N–H and O–H groups in total. The Balaban J connectivity index is 2.70. The summed E-state index contributed by atoms with van der Waals surface area (Å²) in [6, 6.07) is 0.337. The summed E-state index contributed by atoms with van der Waals surface area (Å²) in [6.07, 6.45) is 3.47. The van der Waals surface area contributed by atoms with E-state index < -0.39 is 0 Å². The molecule has 1 heterocycles. The largest absolute Gasteiger partial charge is 0.352 e. The molecule has 0 aliphatic rings. The fraction of sp³-hybridized carbons (Fsp3) is 0.727.